The molecule has 204 valence electrons. The van der Waals surface area contributed by atoms with E-state index in [4.69, 9.17) is 16.7 Å². The zero-order valence-electron chi connectivity index (χ0n) is 21.8. The van der Waals surface area contributed by atoms with E-state index < -0.39 is 26.2 Å². The van der Waals surface area contributed by atoms with E-state index in [0.29, 0.717) is 11.1 Å². The van der Waals surface area contributed by atoms with Crippen LogP contribution in [0.25, 0.3) is 0 Å². The Morgan fingerprint density at radius 3 is 1.21 bits per heavy atom. The van der Waals surface area contributed by atoms with Crippen molar-refractivity contribution in [3.63, 3.8) is 0 Å². The molecule has 0 saturated heterocycles. The second-order valence-electron chi connectivity index (χ2n) is 9.36. The molecular weight excluding hydrogens is 540 g/mol. The first kappa shape index (κ1) is 28.0. The number of para-hydroxylation sites is 2. The molecule has 0 saturated carbocycles. The van der Waals surface area contributed by atoms with Crippen LogP contribution in [0.2, 0.25) is 0 Å². The third-order valence-electron chi connectivity index (χ3n) is 6.06. The zero-order valence-corrected chi connectivity index (χ0v) is 23.5. The molecule has 0 aliphatic heterocycles. The van der Waals surface area contributed by atoms with Crippen LogP contribution >= 0.6 is 0 Å². The normalized spacial score (nSPS) is 12.0. The van der Waals surface area contributed by atoms with Gasteiger partial charge in [-0.15, -0.1) is 16.8 Å². The van der Waals surface area contributed by atoms with Gasteiger partial charge in [-0.2, -0.15) is 0 Å². The van der Waals surface area contributed by atoms with Crippen LogP contribution in [0.15, 0.2) is 97.1 Å². The van der Waals surface area contributed by atoms with Crippen molar-refractivity contribution in [3.05, 3.63) is 119 Å². The van der Waals surface area contributed by atoms with Gasteiger partial charge in [0.2, 0.25) is 0 Å². The van der Waals surface area contributed by atoms with Crippen molar-refractivity contribution in [2.75, 3.05) is 0 Å². The summed E-state index contributed by atoms with van der Waals surface area (Å²) in [6.07, 6.45) is 0. The molecule has 0 aliphatic carbocycles. The SMILES string of the molecule is Cc1cc(C(C)(C)c2ccc(OS(=O)(=O)Oc3ccccc3)c(C)c2)ccc1OS(=O)(=O)Oc1ccccc1. The number of benzene rings is 4. The lowest BCUT2D eigenvalue weighted by Crippen LogP contribution is -2.21. The van der Waals surface area contributed by atoms with Gasteiger partial charge >= 0.3 is 20.8 Å². The van der Waals surface area contributed by atoms with E-state index in [-0.39, 0.29) is 23.0 Å². The highest BCUT2D eigenvalue weighted by molar-refractivity contribution is 7.82. The number of rotatable bonds is 10. The summed E-state index contributed by atoms with van der Waals surface area (Å²) in [5.41, 5.74) is 2.46. The molecule has 0 radical (unpaired) electrons. The Morgan fingerprint density at radius 2 is 0.872 bits per heavy atom. The molecule has 0 unspecified atom stereocenters. The maximum atomic E-state index is 12.4. The average molecular weight is 569 g/mol. The molecule has 0 spiro atoms. The van der Waals surface area contributed by atoms with Crippen LogP contribution < -0.4 is 16.7 Å². The van der Waals surface area contributed by atoms with Gasteiger partial charge in [-0.3, -0.25) is 0 Å². The van der Waals surface area contributed by atoms with E-state index in [1.54, 1.807) is 74.5 Å². The molecule has 0 bridgehead atoms. The Kier molecular flexibility index (Phi) is 7.89. The maximum absolute atomic E-state index is 12.4. The van der Waals surface area contributed by atoms with E-state index in [1.807, 2.05) is 26.0 Å². The maximum Gasteiger partial charge on any atom is 0.500 e. The summed E-state index contributed by atoms with van der Waals surface area (Å²) < 4.78 is 70.0. The lowest BCUT2D eigenvalue weighted by atomic mass is 9.77. The summed E-state index contributed by atoms with van der Waals surface area (Å²) in [6.45, 7) is 7.49. The predicted octanol–water partition coefficient (Wildman–Crippen LogP) is 6.03. The summed E-state index contributed by atoms with van der Waals surface area (Å²) >= 11 is 0. The highest BCUT2D eigenvalue weighted by Crippen LogP contribution is 2.36. The van der Waals surface area contributed by atoms with Crippen molar-refractivity contribution in [2.24, 2.45) is 0 Å². The van der Waals surface area contributed by atoms with Gasteiger partial charge in [0.15, 0.2) is 0 Å². The van der Waals surface area contributed by atoms with Crippen LogP contribution in [-0.4, -0.2) is 16.8 Å². The van der Waals surface area contributed by atoms with Crippen molar-refractivity contribution in [3.8, 4) is 23.0 Å². The minimum atomic E-state index is -4.33. The molecule has 4 aromatic carbocycles. The summed E-state index contributed by atoms with van der Waals surface area (Å²) in [5, 5.41) is 0. The summed E-state index contributed by atoms with van der Waals surface area (Å²) in [4.78, 5) is 0. The third kappa shape index (κ3) is 7.10. The summed E-state index contributed by atoms with van der Waals surface area (Å²) in [6, 6.07) is 26.6. The zero-order chi connectivity index (χ0) is 28.3. The fourth-order valence-corrected chi connectivity index (χ4v) is 5.45. The van der Waals surface area contributed by atoms with Crippen molar-refractivity contribution in [1.29, 1.82) is 0 Å². The third-order valence-corrected chi connectivity index (χ3v) is 7.62. The van der Waals surface area contributed by atoms with Gasteiger partial charge in [-0.25, -0.2) is 0 Å². The van der Waals surface area contributed by atoms with Gasteiger partial charge in [0.25, 0.3) is 0 Å². The van der Waals surface area contributed by atoms with E-state index in [9.17, 15) is 16.8 Å². The molecule has 0 fully saturated rings. The topological polar surface area (TPSA) is 105 Å². The second-order valence-corrected chi connectivity index (χ2v) is 11.7. The first-order valence-corrected chi connectivity index (χ1v) is 14.6. The molecule has 8 nitrogen and oxygen atoms in total. The largest absolute Gasteiger partial charge is 0.500 e. The van der Waals surface area contributed by atoms with Crippen LogP contribution in [0.5, 0.6) is 23.0 Å². The molecule has 10 heteroatoms. The molecule has 0 heterocycles. The van der Waals surface area contributed by atoms with Crippen molar-refractivity contribution >= 4 is 20.8 Å². The van der Waals surface area contributed by atoms with E-state index in [0.717, 1.165) is 11.1 Å². The lowest BCUT2D eigenvalue weighted by Gasteiger charge is -2.27. The molecule has 0 atom stereocenters. The molecule has 0 aromatic heterocycles. The standard InChI is InChI=1S/C29H28O8S2/c1-21-19-23(15-17-27(21)36-38(30,31)34-25-11-7-5-8-12-25)29(3,4)24-16-18-28(22(2)20-24)37-39(32,33)35-26-13-9-6-10-14-26/h5-20H,1-4H3. The molecular formula is C29H28O8S2. The molecule has 0 N–H and O–H groups in total. The number of hydrogen-bond acceptors (Lipinski definition) is 8. The molecule has 0 amide bonds. The Hall–Kier alpha value is -4.02. The Balaban J connectivity index is 1.51. The lowest BCUT2D eigenvalue weighted by molar-refractivity contribution is 0.389. The fourth-order valence-electron chi connectivity index (χ4n) is 3.87. The van der Waals surface area contributed by atoms with Crippen LogP contribution in [0.4, 0.5) is 0 Å². The van der Waals surface area contributed by atoms with Crippen LogP contribution in [-0.2, 0) is 26.2 Å². The smallest absolute Gasteiger partial charge is 0.353 e. The highest BCUT2D eigenvalue weighted by Gasteiger charge is 2.26. The first-order valence-electron chi connectivity index (χ1n) is 11.9. The fraction of sp³-hybridized carbons (Fsp3) is 0.172. The minimum absolute atomic E-state index is 0.147. The van der Waals surface area contributed by atoms with Crippen LogP contribution in [0.3, 0.4) is 0 Å². The van der Waals surface area contributed by atoms with Gasteiger partial charge < -0.3 is 16.7 Å². The monoisotopic (exact) mass is 568 g/mol. The van der Waals surface area contributed by atoms with Crippen molar-refractivity contribution in [1.82, 2.24) is 0 Å². The second kappa shape index (κ2) is 11.0. The van der Waals surface area contributed by atoms with E-state index in [2.05, 4.69) is 0 Å². The molecule has 4 aromatic rings. The highest BCUT2D eigenvalue weighted by atomic mass is 32.3. The number of hydrogen-bond donors (Lipinski definition) is 0. The predicted molar refractivity (Wildman–Crippen MR) is 148 cm³/mol. The van der Waals surface area contributed by atoms with Crippen LogP contribution in [0.1, 0.15) is 36.1 Å². The van der Waals surface area contributed by atoms with E-state index >= 15 is 0 Å². The van der Waals surface area contributed by atoms with Gasteiger partial charge in [-0.05, 0) is 72.5 Å². The summed E-state index contributed by atoms with van der Waals surface area (Å²) in [7, 11) is -8.66. The summed E-state index contributed by atoms with van der Waals surface area (Å²) in [5.74, 6) is 0.591. The van der Waals surface area contributed by atoms with E-state index in [1.165, 1.54) is 24.3 Å². The first-order chi connectivity index (χ1) is 18.3. The minimum Gasteiger partial charge on any atom is -0.353 e. The van der Waals surface area contributed by atoms with Crippen LogP contribution in [0, 0.1) is 13.8 Å². The number of aryl methyl sites for hydroxylation is 2. The van der Waals surface area contributed by atoms with Gasteiger partial charge in [0.1, 0.15) is 23.0 Å². The molecule has 0 aliphatic rings. The average Bonchev–Trinajstić information content (AvgIpc) is 2.86. The molecule has 39 heavy (non-hydrogen) atoms. The molecule has 4 rings (SSSR count). The van der Waals surface area contributed by atoms with Crippen molar-refractivity contribution < 1.29 is 33.6 Å². The van der Waals surface area contributed by atoms with Crippen molar-refractivity contribution in [2.45, 2.75) is 33.1 Å². The Morgan fingerprint density at radius 1 is 0.513 bits per heavy atom. The quantitative estimate of drug-likeness (QED) is 0.228. The Labute approximate surface area is 229 Å². The Bertz CT molecular complexity index is 1540. The van der Waals surface area contributed by atoms with Gasteiger partial charge in [-0.1, -0.05) is 74.5 Å². The van der Waals surface area contributed by atoms with Gasteiger partial charge in [0, 0.05) is 5.41 Å². The van der Waals surface area contributed by atoms with Gasteiger partial charge in [0.05, 0.1) is 0 Å².